The number of aryl methyl sites for hydroxylation is 1. The van der Waals surface area contributed by atoms with Gasteiger partial charge in [-0.2, -0.15) is 0 Å². The number of likely N-dealkylation sites (tertiary alicyclic amines) is 1. The average Bonchev–Trinajstić information content (AvgIpc) is 3.41. The van der Waals surface area contributed by atoms with E-state index >= 15 is 0 Å². The van der Waals surface area contributed by atoms with Crippen LogP contribution in [0.4, 0.5) is 0 Å². The lowest BCUT2D eigenvalue weighted by molar-refractivity contribution is -0.121. The van der Waals surface area contributed by atoms with Gasteiger partial charge in [-0.1, -0.05) is 12.1 Å². The van der Waals surface area contributed by atoms with Crippen molar-refractivity contribution in [2.45, 2.75) is 31.7 Å². The highest BCUT2D eigenvalue weighted by Crippen LogP contribution is 2.24. The number of carbonyl (C=O) groups is 1. The van der Waals surface area contributed by atoms with E-state index in [4.69, 9.17) is 4.42 Å². The molecule has 1 atom stereocenters. The Hall–Kier alpha value is -2.93. The van der Waals surface area contributed by atoms with E-state index in [1.165, 1.54) is 12.8 Å². The van der Waals surface area contributed by atoms with Crippen LogP contribution in [0.5, 0.6) is 0 Å². The van der Waals surface area contributed by atoms with E-state index in [9.17, 15) is 9.59 Å². The fourth-order valence-electron chi connectivity index (χ4n) is 3.73. The molecule has 2 N–H and O–H groups in total. The minimum Gasteiger partial charge on any atom is -0.468 e. The number of nitrogens with zero attached hydrogens (tertiary/aromatic N) is 2. The quantitative estimate of drug-likeness (QED) is 0.657. The Morgan fingerprint density at radius 2 is 2.04 bits per heavy atom. The Morgan fingerprint density at radius 3 is 2.82 bits per heavy atom. The van der Waals surface area contributed by atoms with Crippen LogP contribution in [0.15, 0.2) is 51.9 Å². The molecule has 3 heterocycles. The van der Waals surface area contributed by atoms with Crippen LogP contribution in [0, 0.1) is 0 Å². The van der Waals surface area contributed by atoms with Crippen molar-refractivity contribution in [3.8, 4) is 0 Å². The maximum Gasteiger partial charge on any atom is 0.258 e. The highest BCUT2D eigenvalue weighted by Gasteiger charge is 2.25. The highest BCUT2D eigenvalue weighted by atomic mass is 16.3. The van der Waals surface area contributed by atoms with E-state index in [0.717, 1.165) is 18.8 Å². The van der Waals surface area contributed by atoms with Crippen molar-refractivity contribution in [3.05, 3.63) is 64.6 Å². The molecule has 0 aliphatic carbocycles. The van der Waals surface area contributed by atoms with E-state index in [0.29, 0.717) is 29.7 Å². The number of furan rings is 1. The van der Waals surface area contributed by atoms with Gasteiger partial charge in [0, 0.05) is 19.4 Å². The molecule has 7 heteroatoms. The monoisotopic (exact) mass is 380 g/mol. The second-order valence-electron chi connectivity index (χ2n) is 7.11. The lowest BCUT2D eigenvalue weighted by Crippen LogP contribution is -2.36. The summed E-state index contributed by atoms with van der Waals surface area (Å²) in [6.45, 7) is 2.54. The second-order valence-corrected chi connectivity index (χ2v) is 7.11. The third-order valence-corrected chi connectivity index (χ3v) is 5.20. The summed E-state index contributed by atoms with van der Waals surface area (Å²) in [6, 6.07) is 11.1. The van der Waals surface area contributed by atoms with Crippen LogP contribution in [0.1, 0.15) is 36.9 Å². The van der Waals surface area contributed by atoms with Gasteiger partial charge in [0.2, 0.25) is 5.91 Å². The Kier molecular flexibility index (Phi) is 5.53. The van der Waals surface area contributed by atoms with Crippen molar-refractivity contribution in [1.82, 2.24) is 20.2 Å². The number of aromatic amines is 1. The minimum absolute atomic E-state index is 0.0556. The molecule has 1 saturated heterocycles. The minimum atomic E-state index is -0.173. The number of hydrogen-bond donors (Lipinski definition) is 2. The molecule has 1 fully saturated rings. The predicted octanol–water partition coefficient (Wildman–Crippen LogP) is 2.40. The van der Waals surface area contributed by atoms with Gasteiger partial charge >= 0.3 is 0 Å². The van der Waals surface area contributed by atoms with Crippen LogP contribution < -0.4 is 10.9 Å². The molecule has 1 amide bonds. The first-order valence-corrected chi connectivity index (χ1v) is 9.73. The molecule has 1 aromatic carbocycles. The number of benzene rings is 1. The molecule has 146 valence electrons. The summed E-state index contributed by atoms with van der Waals surface area (Å²) in [5.74, 6) is 1.34. The number of para-hydroxylation sites is 1. The van der Waals surface area contributed by atoms with Crippen molar-refractivity contribution < 1.29 is 9.21 Å². The Bertz CT molecular complexity index is 990. The smallest absolute Gasteiger partial charge is 0.258 e. The van der Waals surface area contributed by atoms with Crippen LogP contribution in [-0.4, -0.2) is 40.4 Å². The molecule has 0 radical (unpaired) electrons. The average molecular weight is 380 g/mol. The Balaban J connectivity index is 1.35. The highest BCUT2D eigenvalue weighted by molar-refractivity contribution is 5.78. The maximum atomic E-state index is 12.4. The van der Waals surface area contributed by atoms with Crippen molar-refractivity contribution in [1.29, 1.82) is 0 Å². The van der Waals surface area contributed by atoms with E-state index in [2.05, 4.69) is 20.2 Å². The van der Waals surface area contributed by atoms with Gasteiger partial charge in [0.1, 0.15) is 11.6 Å². The number of amides is 1. The summed E-state index contributed by atoms with van der Waals surface area (Å²) in [6.07, 6.45) is 4.67. The summed E-state index contributed by atoms with van der Waals surface area (Å²) in [7, 11) is 0. The summed E-state index contributed by atoms with van der Waals surface area (Å²) in [4.78, 5) is 34.1. The molecule has 28 heavy (non-hydrogen) atoms. The van der Waals surface area contributed by atoms with Gasteiger partial charge in [-0.25, -0.2) is 4.98 Å². The normalized spacial score (nSPS) is 15.7. The first kappa shape index (κ1) is 18.4. The molecule has 0 saturated carbocycles. The van der Waals surface area contributed by atoms with Crippen molar-refractivity contribution in [2.24, 2.45) is 0 Å². The summed E-state index contributed by atoms with van der Waals surface area (Å²) in [5.41, 5.74) is 0.474. The number of carbonyl (C=O) groups excluding carboxylic acids is 1. The molecule has 3 aromatic rings. The zero-order chi connectivity index (χ0) is 19.3. The summed E-state index contributed by atoms with van der Waals surface area (Å²) in [5, 5.41) is 3.57. The lowest BCUT2D eigenvalue weighted by Gasteiger charge is -2.26. The molecule has 0 unspecified atom stereocenters. The van der Waals surface area contributed by atoms with E-state index < -0.39 is 0 Å². The first-order valence-electron chi connectivity index (χ1n) is 9.73. The molecular weight excluding hydrogens is 356 g/mol. The van der Waals surface area contributed by atoms with E-state index in [1.807, 2.05) is 24.3 Å². The standard InChI is InChI=1S/C21H24N4O3/c26-20(10-9-19-23-16-7-2-1-6-15(16)21(27)24-19)22-14-17(18-8-5-13-28-18)25-11-3-4-12-25/h1-2,5-8,13,17H,3-4,9-12,14H2,(H,22,26)(H,23,24,27)/t17-/m1/s1. The number of fused-ring (bicyclic) bond motifs is 1. The molecule has 7 nitrogen and oxygen atoms in total. The maximum absolute atomic E-state index is 12.4. The topological polar surface area (TPSA) is 91.2 Å². The number of aromatic nitrogens is 2. The van der Waals surface area contributed by atoms with Crippen LogP contribution in [0.25, 0.3) is 10.9 Å². The molecule has 0 bridgehead atoms. The fraction of sp³-hybridized carbons (Fsp3) is 0.381. The van der Waals surface area contributed by atoms with Crippen molar-refractivity contribution >= 4 is 16.8 Å². The zero-order valence-corrected chi connectivity index (χ0v) is 15.7. The molecule has 4 rings (SSSR count). The zero-order valence-electron chi connectivity index (χ0n) is 15.7. The number of H-pyrrole nitrogens is 1. The van der Waals surface area contributed by atoms with Crippen molar-refractivity contribution in [2.75, 3.05) is 19.6 Å². The lowest BCUT2D eigenvalue weighted by atomic mass is 10.2. The van der Waals surface area contributed by atoms with Gasteiger partial charge in [0.25, 0.3) is 5.56 Å². The van der Waals surface area contributed by atoms with E-state index in [-0.39, 0.29) is 23.9 Å². The fourth-order valence-corrected chi connectivity index (χ4v) is 3.73. The first-order chi connectivity index (χ1) is 13.7. The molecular formula is C21H24N4O3. The van der Waals surface area contributed by atoms with Gasteiger partial charge in [0.15, 0.2) is 0 Å². The molecule has 1 aliphatic rings. The van der Waals surface area contributed by atoms with Gasteiger partial charge in [-0.3, -0.25) is 14.5 Å². The third-order valence-electron chi connectivity index (χ3n) is 5.20. The molecule has 2 aromatic heterocycles. The molecule has 1 aliphatic heterocycles. The Labute approximate surface area is 162 Å². The molecule has 0 spiro atoms. The van der Waals surface area contributed by atoms with Gasteiger partial charge in [0.05, 0.1) is 23.2 Å². The van der Waals surface area contributed by atoms with Crippen molar-refractivity contribution in [3.63, 3.8) is 0 Å². The van der Waals surface area contributed by atoms with Crippen LogP contribution in [0.3, 0.4) is 0 Å². The van der Waals surface area contributed by atoms with Gasteiger partial charge in [-0.15, -0.1) is 0 Å². The summed E-state index contributed by atoms with van der Waals surface area (Å²) >= 11 is 0. The van der Waals surface area contributed by atoms with Gasteiger partial charge in [-0.05, 0) is 50.2 Å². The van der Waals surface area contributed by atoms with Crippen LogP contribution >= 0.6 is 0 Å². The van der Waals surface area contributed by atoms with Crippen LogP contribution in [-0.2, 0) is 11.2 Å². The number of nitrogens with one attached hydrogen (secondary N) is 2. The third kappa shape index (κ3) is 4.14. The SMILES string of the molecule is O=C(CCc1nc2ccccc2c(=O)[nH]1)NC[C@H](c1ccco1)N1CCCC1. The summed E-state index contributed by atoms with van der Waals surface area (Å²) < 4.78 is 5.58. The Morgan fingerprint density at radius 1 is 1.21 bits per heavy atom. The van der Waals surface area contributed by atoms with Gasteiger partial charge < -0.3 is 14.7 Å². The van der Waals surface area contributed by atoms with Crippen LogP contribution in [0.2, 0.25) is 0 Å². The predicted molar refractivity (Wildman–Crippen MR) is 106 cm³/mol. The second kappa shape index (κ2) is 8.39. The number of hydrogen-bond acceptors (Lipinski definition) is 5. The van der Waals surface area contributed by atoms with E-state index in [1.54, 1.807) is 18.4 Å². The number of rotatable bonds is 7. The largest absolute Gasteiger partial charge is 0.468 e.